The highest BCUT2D eigenvalue weighted by molar-refractivity contribution is 7.98. The Kier molecular flexibility index (Phi) is 4.55. The van der Waals surface area contributed by atoms with Crippen LogP contribution in [0.5, 0.6) is 0 Å². The molecule has 0 aliphatic carbocycles. The van der Waals surface area contributed by atoms with Crippen molar-refractivity contribution in [2.75, 3.05) is 5.75 Å². The number of rotatable bonds is 6. The molecule has 0 aliphatic heterocycles. The Bertz CT molecular complexity index is 441. The van der Waals surface area contributed by atoms with Gasteiger partial charge in [0.05, 0.1) is 0 Å². The number of tetrazole rings is 1. The van der Waals surface area contributed by atoms with Crippen molar-refractivity contribution in [3.05, 3.63) is 41.7 Å². The zero-order chi connectivity index (χ0) is 11.9. The number of aromatic nitrogens is 4. The summed E-state index contributed by atoms with van der Waals surface area (Å²) in [4.78, 5) is 0. The van der Waals surface area contributed by atoms with Gasteiger partial charge < -0.3 is 0 Å². The van der Waals surface area contributed by atoms with Crippen LogP contribution in [0.4, 0.5) is 0 Å². The molecule has 0 fully saturated rings. The molecule has 2 rings (SSSR count). The molecule has 0 N–H and O–H groups in total. The Morgan fingerprint density at radius 3 is 2.76 bits per heavy atom. The summed E-state index contributed by atoms with van der Waals surface area (Å²) in [6.45, 7) is 2.83. The first-order valence-corrected chi connectivity index (χ1v) is 6.86. The predicted molar refractivity (Wildman–Crippen MR) is 69.8 cm³/mol. The van der Waals surface area contributed by atoms with Crippen LogP contribution in [-0.4, -0.2) is 26.0 Å². The van der Waals surface area contributed by atoms with Crippen molar-refractivity contribution < 1.29 is 0 Å². The zero-order valence-corrected chi connectivity index (χ0v) is 10.7. The second-order valence-electron chi connectivity index (χ2n) is 3.84. The average molecular weight is 248 g/mol. The molecule has 0 amide bonds. The molecule has 90 valence electrons. The summed E-state index contributed by atoms with van der Waals surface area (Å²) in [5.74, 6) is 3.10. The number of benzene rings is 1. The van der Waals surface area contributed by atoms with Gasteiger partial charge in [-0.15, -0.1) is 5.10 Å². The maximum Gasteiger partial charge on any atom is 0.148 e. The molecule has 5 heteroatoms. The molecule has 0 unspecified atom stereocenters. The van der Waals surface area contributed by atoms with E-state index >= 15 is 0 Å². The van der Waals surface area contributed by atoms with Crippen molar-refractivity contribution in [2.24, 2.45) is 0 Å². The molecule has 0 spiro atoms. The molecule has 1 aromatic carbocycles. The number of hydrogen-bond donors (Lipinski definition) is 0. The maximum absolute atomic E-state index is 3.92. The summed E-state index contributed by atoms with van der Waals surface area (Å²) >= 11 is 1.95. The first-order chi connectivity index (χ1) is 8.36. The topological polar surface area (TPSA) is 43.6 Å². The van der Waals surface area contributed by atoms with Crippen LogP contribution in [0.15, 0.2) is 30.3 Å². The highest BCUT2D eigenvalue weighted by Gasteiger charge is 1.99. The van der Waals surface area contributed by atoms with Gasteiger partial charge in [-0.05, 0) is 35.1 Å². The third-order valence-electron chi connectivity index (χ3n) is 2.48. The van der Waals surface area contributed by atoms with Crippen LogP contribution in [0.3, 0.4) is 0 Å². The van der Waals surface area contributed by atoms with E-state index in [0.29, 0.717) is 0 Å². The van der Waals surface area contributed by atoms with Gasteiger partial charge in [-0.1, -0.05) is 30.3 Å². The van der Waals surface area contributed by atoms with Gasteiger partial charge in [0, 0.05) is 12.3 Å². The second kappa shape index (κ2) is 6.39. The number of hydrogen-bond acceptors (Lipinski definition) is 4. The Hall–Kier alpha value is -1.36. The summed E-state index contributed by atoms with van der Waals surface area (Å²) in [5, 5.41) is 11.4. The van der Waals surface area contributed by atoms with E-state index in [0.717, 1.165) is 30.3 Å². The van der Waals surface area contributed by atoms with Crippen molar-refractivity contribution in [1.29, 1.82) is 0 Å². The average Bonchev–Trinajstić information content (AvgIpc) is 2.76. The largest absolute Gasteiger partial charge is 0.230 e. The van der Waals surface area contributed by atoms with Gasteiger partial charge >= 0.3 is 0 Å². The van der Waals surface area contributed by atoms with Crippen LogP contribution >= 0.6 is 11.8 Å². The molecule has 0 saturated carbocycles. The molecule has 0 atom stereocenters. The van der Waals surface area contributed by atoms with Gasteiger partial charge in [0.15, 0.2) is 0 Å². The normalized spacial score (nSPS) is 10.6. The van der Waals surface area contributed by atoms with E-state index in [9.17, 15) is 0 Å². The van der Waals surface area contributed by atoms with Crippen molar-refractivity contribution >= 4 is 11.8 Å². The molecule has 0 bridgehead atoms. The van der Waals surface area contributed by atoms with Crippen molar-refractivity contribution in [3.8, 4) is 0 Å². The van der Waals surface area contributed by atoms with E-state index in [-0.39, 0.29) is 0 Å². The third kappa shape index (κ3) is 3.85. The van der Waals surface area contributed by atoms with E-state index in [1.807, 2.05) is 23.4 Å². The van der Waals surface area contributed by atoms with Crippen LogP contribution in [-0.2, 0) is 12.3 Å². The molecule has 1 aromatic heterocycles. The molecule has 0 aliphatic rings. The lowest BCUT2D eigenvalue weighted by molar-refractivity contribution is 0.568. The molecule has 17 heavy (non-hydrogen) atoms. The first kappa shape index (κ1) is 12.1. The summed E-state index contributed by atoms with van der Waals surface area (Å²) in [6.07, 6.45) is 1.10. The minimum absolute atomic E-state index is 0.887. The Labute approximate surface area is 105 Å². The van der Waals surface area contributed by atoms with E-state index in [4.69, 9.17) is 0 Å². The lowest BCUT2D eigenvalue weighted by atomic mass is 10.2. The molecular weight excluding hydrogens is 232 g/mol. The SMILES string of the molecule is Cc1nnnn1CCCSCc1ccccc1. The van der Waals surface area contributed by atoms with Crippen LogP contribution in [0.25, 0.3) is 0 Å². The Balaban J connectivity index is 1.63. The fourth-order valence-electron chi connectivity index (χ4n) is 1.54. The summed E-state index contributed by atoms with van der Waals surface area (Å²) in [6, 6.07) is 10.5. The van der Waals surface area contributed by atoms with Crippen molar-refractivity contribution in [1.82, 2.24) is 20.2 Å². The second-order valence-corrected chi connectivity index (χ2v) is 4.95. The highest BCUT2D eigenvalue weighted by Crippen LogP contribution is 2.12. The van der Waals surface area contributed by atoms with Crippen LogP contribution in [0.2, 0.25) is 0 Å². The lowest BCUT2D eigenvalue weighted by Gasteiger charge is -2.02. The number of thioether (sulfide) groups is 1. The predicted octanol–water partition coefficient (Wildman–Crippen LogP) is 2.31. The van der Waals surface area contributed by atoms with Crippen LogP contribution in [0, 0.1) is 6.92 Å². The van der Waals surface area contributed by atoms with E-state index < -0.39 is 0 Å². The van der Waals surface area contributed by atoms with Gasteiger partial charge in [-0.2, -0.15) is 11.8 Å². The minimum Gasteiger partial charge on any atom is -0.230 e. The molecule has 0 saturated heterocycles. The van der Waals surface area contributed by atoms with Gasteiger partial charge in [0.25, 0.3) is 0 Å². The van der Waals surface area contributed by atoms with Gasteiger partial charge in [-0.25, -0.2) is 4.68 Å². The zero-order valence-electron chi connectivity index (χ0n) is 9.91. The highest BCUT2D eigenvalue weighted by atomic mass is 32.2. The monoisotopic (exact) mass is 248 g/mol. The molecule has 1 heterocycles. The van der Waals surface area contributed by atoms with Crippen molar-refractivity contribution in [2.45, 2.75) is 25.6 Å². The third-order valence-corrected chi connectivity index (χ3v) is 3.60. The Morgan fingerprint density at radius 1 is 1.24 bits per heavy atom. The minimum atomic E-state index is 0.887. The summed E-state index contributed by atoms with van der Waals surface area (Å²) in [7, 11) is 0. The number of aryl methyl sites for hydroxylation is 2. The quantitative estimate of drug-likeness (QED) is 0.736. The first-order valence-electron chi connectivity index (χ1n) is 5.71. The van der Waals surface area contributed by atoms with Gasteiger partial charge in [0.1, 0.15) is 5.82 Å². The fraction of sp³-hybridized carbons (Fsp3) is 0.417. The van der Waals surface area contributed by atoms with Crippen LogP contribution < -0.4 is 0 Å². The fourth-order valence-corrected chi connectivity index (χ4v) is 2.44. The molecule has 0 radical (unpaired) electrons. The van der Waals surface area contributed by atoms with E-state index in [1.165, 1.54) is 5.56 Å². The molecule has 2 aromatic rings. The number of nitrogens with zero attached hydrogens (tertiary/aromatic N) is 4. The summed E-state index contributed by atoms with van der Waals surface area (Å²) in [5.41, 5.74) is 1.39. The molecule has 4 nitrogen and oxygen atoms in total. The standard InChI is InChI=1S/C12H16N4S/c1-11-13-14-15-16(11)8-5-9-17-10-12-6-3-2-4-7-12/h2-4,6-7H,5,8-10H2,1H3. The molecular formula is C12H16N4S. The lowest BCUT2D eigenvalue weighted by Crippen LogP contribution is -2.03. The van der Waals surface area contributed by atoms with E-state index in [2.05, 4.69) is 45.9 Å². The maximum atomic E-state index is 3.92. The Morgan fingerprint density at radius 2 is 2.06 bits per heavy atom. The van der Waals surface area contributed by atoms with Crippen molar-refractivity contribution in [3.63, 3.8) is 0 Å². The van der Waals surface area contributed by atoms with E-state index in [1.54, 1.807) is 0 Å². The van der Waals surface area contributed by atoms with Gasteiger partial charge in [0.2, 0.25) is 0 Å². The summed E-state index contributed by atoms with van der Waals surface area (Å²) < 4.78 is 1.85. The van der Waals surface area contributed by atoms with Gasteiger partial charge in [-0.3, -0.25) is 0 Å². The van der Waals surface area contributed by atoms with Crippen LogP contribution in [0.1, 0.15) is 17.8 Å². The smallest absolute Gasteiger partial charge is 0.148 e.